The molecule has 114 valence electrons. The Labute approximate surface area is 124 Å². The van der Waals surface area contributed by atoms with Crippen LogP contribution >= 0.6 is 0 Å². The fraction of sp³-hybridized carbons (Fsp3) is 0.643. The lowest BCUT2D eigenvalue weighted by molar-refractivity contribution is -0.143. The summed E-state index contributed by atoms with van der Waals surface area (Å²) in [7, 11) is 0. The molecule has 0 spiro atoms. The van der Waals surface area contributed by atoms with Gasteiger partial charge < -0.3 is 15.4 Å². The fourth-order valence-electron chi connectivity index (χ4n) is 2.62. The van der Waals surface area contributed by atoms with Crippen LogP contribution in [0.3, 0.4) is 0 Å². The van der Waals surface area contributed by atoms with E-state index in [4.69, 9.17) is 10.5 Å². The molecule has 0 saturated carbocycles. The molecule has 7 heteroatoms. The number of nitriles is 1. The van der Waals surface area contributed by atoms with E-state index < -0.39 is 5.97 Å². The number of anilines is 2. The van der Waals surface area contributed by atoms with E-state index in [2.05, 4.69) is 23.0 Å². The molecule has 0 radical (unpaired) electrons. The Bertz CT molecular complexity index is 560. The number of nitrogens with two attached hydrogens (primary N) is 1. The van der Waals surface area contributed by atoms with Crippen LogP contribution in [-0.2, 0) is 16.1 Å². The van der Waals surface area contributed by atoms with Crippen LogP contribution in [0.5, 0.6) is 0 Å². The minimum absolute atomic E-state index is 0.0717. The molecule has 0 bridgehead atoms. The van der Waals surface area contributed by atoms with Crippen LogP contribution in [-0.4, -0.2) is 35.4 Å². The molecule has 1 aromatic heterocycles. The van der Waals surface area contributed by atoms with Gasteiger partial charge in [-0.2, -0.15) is 10.4 Å². The highest BCUT2D eigenvalue weighted by Gasteiger charge is 2.25. The molecule has 1 aromatic rings. The number of ether oxygens (including phenoxy) is 1. The van der Waals surface area contributed by atoms with Gasteiger partial charge in [-0.25, -0.2) is 4.68 Å². The van der Waals surface area contributed by atoms with Gasteiger partial charge in [-0.3, -0.25) is 4.79 Å². The number of hydrogen-bond acceptors (Lipinski definition) is 6. The summed E-state index contributed by atoms with van der Waals surface area (Å²) in [6.07, 6.45) is 2.24. The number of hydrogen-bond donors (Lipinski definition) is 1. The number of piperidine rings is 1. The van der Waals surface area contributed by atoms with E-state index in [0.29, 0.717) is 23.9 Å². The molecule has 21 heavy (non-hydrogen) atoms. The zero-order valence-electron chi connectivity index (χ0n) is 12.5. The lowest BCUT2D eigenvalue weighted by Gasteiger charge is -2.31. The highest BCUT2D eigenvalue weighted by atomic mass is 16.5. The number of nitrogen functional groups attached to an aromatic ring is 1. The number of aromatic nitrogens is 2. The normalized spacial score (nSPS) is 18.3. The lowest BCUT2D eigenvalue weighted by atomic mass is 10.0. The minimum Gasteiger partial charge on any atom is -0.465 e. The standard InChI is InChI=1S/C14H21N5O2/c1-3-21-12(20)9-19-13(16)11(7-15)14(17-19)18-6-4-5-10(2)8-18/h10H,3-6,8-9,16H2,1-2H3. The van der Waals surface area contributed by atoms with Gasteiger partial charge in [0.05, 0.1) is 6.61 Å². The van der Waals surface area contributed by atoms with Gasteiger partial charge in [0.1, 0.15) is 24.0 Å². The zero-order valence-corrected chi connectivity index (χ0v) is 12.5. The van der Waals surface area contributed by atoms with Gasteiger partial charge in [0.2, 0.25) is 0 Å². The van der Waals surface area contributed by atoms with Crippen molar-refractivity contribution in [1.29, 1.82) is 5.26 Å². The summed E-state index contributed by atoms with van der Waals surface area (Å²) in [5.74, 6) is 0.945. The maximum absolute atomic E-state index is 11.6. The summed E-state index contributed by atoms with van der Waals surface area (Å²) in [5.41, 5.74) is 6.29. The smallest absolute Gasteiger partial charge is 0.327 e. The van der Waals surface area contributed by atoms with Crippen molar-refractivity contribution in [3.8, 4) is 6.07 Å². The second kappa shape index (κ2) is 6.48. The molecule has 2 heterocycles. The Morgan fingerprint density at radius 2 is 2.38 bits per heavy atom. The average Bonchev–Trinajstić information content (AvgIpc) is 2.75. The largest absolute Gasteiger partial charge is 0.465 e. The summed E-state index contributed by atoms with van der Waals surface area (Å²) in [6.45, 7) is 5.86. The van der Waals surface area contributed by atoms with Crippen molar-refractivity contribution in [2.45, 2.75) is 33.2 Å². The van der Waals surface area contributed by atoms with E-state index in [1.54, 1.807) is 6.92 Å². The molecule has 1 saturated heterocycles. The predicted molar refractivity (Wildman–Crippen MR) is 78.6 cm³/mol. The molecular formula is C14H21N5O2. The van der Waals surface area contributed by atoms with Gasteiger partial charge in [0.25, 0.3) is 0 Å². The number of nitrogens with zero attached hydrogens (tertiary/aromatic N) is 4. The van der Waals surface area contributed by atoms with Crippen LogP contribution in [0.2, 0.25) is 0 Å². The molecule has 7 nitrogen and oxygen atoms in total. The topological polar surface area (TPSA) is 97.2 Å². The zero-order chi connectivity index (χ0) is 15.4. The summed E-state index contributed by atoms with van der Waals surface area (Å²) in [4.78, 5) is 13.6. The van der Waals surface area contributed by atoms with Crippen LogP contribution in [0.1, 0.15) is 32.3 Å². The van der Waals surface area contributed by atoms with E-state index in [0.717, 1.165) is 19.5 Å². The Morgan fingerprint density at radius 3 is 3.00 bits per heavy atom. The first-order valence-electron chi connectivity index (χ1n) is 7.23. The van der Waals surface area contributed by atoms with Crippen LogP contribution in [0, 0.1) is 17.2 Å². The summed E-state index contributed by atoms with van der Waals surface area (Å²) in [6, 6.07) is 2.10. The predicted octanol–water partition coefficient (Wildman–Crippen LogP) is 1.14. The number of carbonyl (C=O) groups is 1. The Morgan fingerprint density at radius 1 is 1.62 bits per heavy atom. The van der Waals surface area contributed by atoms with Crippen molar-refractivity contribution in [2.75, 3.05) is 30.3 Å². The highest BCUT2D eigenvalue weighted by Crippen LogP contribution is 2.28. The monoisotopic (exact) mass is 291 g/mol. The van der Waals surface area contributed by atoms with Crippen LogP contribution in [0.25, 0.3) is 0 Å². The third-order valence-corrected chi connectivity index (χ3v) is 3.63. The van der Waals surface area contributed by atoms with Gasteiger partial charge in [0, 0.05) is 13.1 Å². The quantitative estimate of drug-likeness (QED) is 0.835. The van der Waals surface area contributed by atoms with E-state index in [9.17, 15) is 10.1 Å². The van der Waals surface area contributed by atoms with E-state index in [1.807, 2.05) is 0 Å². The van der Waals surface area contributed by atoms with Crippen LogP contribution in [0.4, 0.5) is 11.6 Å². The van der Waals surface area contributed by atoms with Gasteiger partial charge in [0.15, 0.2) is 5.82 Å². The Kier molecular flexibility index (Phi) is 4.68. The molecule has 1 fully saturated rings. The molecule has 2 rings (SSSR count). The molecule has 1 aliphatic rings. The van der Waals surface area contributed by atoms with Crippen LogP contribution in [0.15, 0.2) is 0 Å². The van der Waals surface area contributed by atoms with Crippen molar-refractivity contribution in [1.82, 2.24) is 9.78 Å². The minimum atomic E-state index is -0.408. The molecule has 1 aliphatic heterocycles. The SMILES string of the molecule is CCOC(=O)Cn1nc(N2CCCC(C)C2)c(C#N)c1N. The first kappa shape index (κ1) is 15.2. The van der Waals surface area contributed by atoms with Crippen molar-refractivity contribution >= 4 is 17.6 Å². The van der Waals surface area contributed by atoms with Gasteiger partial charge in [-0.1, -0.05) is 6.92 Å². The Balaban J connectivity index is 2.25. The van der Waals surface area contributed by atoms with Crippen molar-refractivity contribution in [3.63, 3.8) is 0 Å². The maximum atomic E-state index is 11.6. The third-order valence-electron chi connectivity index (χ3n) is 3.63. The van der Waals surface area contributed by atoms with Crippen molar-refractivity contribution in [2.24, 2.45) is 5.92 Å². The van der Waals surface area contributed by atoms with Crippen molar-refractivity contribution < 1.29 is 9.53 Å². The molecule has 1 unspecified atom stereocenters. The van der Waals surface area contributed by atoms with E-state index in [1.165, 1.54) is 11.1 Å². The summed E-state index contributed by atoms with van der Waals surface area (Å²) in [5, 5.41) is 13.7. The van der Waals surface area contributed by atoms with Gasteiger partial charge in [-0.15, -0.1) is 0 Å². The van der Waals surface area contributed by atoms with Gasteiger partial charge in [-0.05, 0) is 25.7 Å². The maximum Gasteiger partial charge on any atom is 0.327 e. The second-order valence-electron chi connectivity index (χ2n) is 5.35. The number of esters is 1. The summed E-state index contributed by atoms with van der Waals surface area (Å²) >= 11 is 0. The molecule has 0 amide bonds. The van der Waals surface area contributed by atoms with Gasteiger partial charge >= 0.3 is 5.97 Å². The number of rotatable bonds is 4. The molecule has 0 aliphatic carbocycles. The molecule has 0 aromatic carbocycles. The Hall–Kier alpha value is -2.23. The molecule has 2 N–H and O–H groups in total. The second-order valence-corrected chi connectivity index (χ2v) is 5.35. The third kappa shape index (κ3) is 3.27. The lowest BCUT2D eigenvalue weighted by Crippen LogP contribution is -2.35. The van der Waals surface area contributed by atoms with Crippen LogP contribution < -0.4 is 10.6 Å². The first-order valence-corrected chi connectivity index (χ1v) is 7.23. The fourth-order valence-corrected chi connectivity index (χ4v) is 2.62. The highest BCUT2D eigenvalue weighted by molar-refractivity contribution is 5.72. The van der Waals surface area contributed by atoms with E-state index >= 15 is 0 Å². The van der Waals surface area contributed by atoms with E-state index in [-0.39, 0.29) is 12.4 Å². The first-order chi connectivity index (χ1) is 10.1. The number of carbonyl (C=O) groups excluding carboxylic acids is 1. The average molecular weight is 291 g/mol. The molecule has 1 atom stereocenters. The van der Waals surface area contributed by atoms with Crippen molar-refractivity contribution in [3.05, 3.63) is 5.56 Å². The summed E-state index contributed by atoms with van der Waals surface area (Å²) < 4.78 is 6.25. The molecular weight excluding hydrogens is 270 g/mol.